The summed E-state index contributed by atoms with van der Waals surface area (Å²) < 4.78 is 5.70. The van der Waals surface area contributed by atoms with Gasteiger partial charge in [-0.3, -0.25) is 0 Å². The van der Waals surface area contributed by atoms with Crippen LogP contribution in [0.4, 0.5) is 0 Å². The van der Waals surface area contributed by atoms with Crippen LogP contribution in [0.1, 0.15) is 38.8 Å². The van der Waals surface area contributed by atoms with E-state index in [0.717, 1.165) is 30.4 Å². The van der Waals surface area contributed by atoms with Crippen LogP contribution in [0.5, 0.6) is 5.75 Å². The number of nitrogens with zero attached hydrogens (tertiary/aromatic N) is 1. The topological polar surface area (TPSA) is 45.7 Å². The van der Waals surface area contributed by atoms with Gasteiger partial charge in [-0.15, -0.1) is 24.0 Å². The lowest BCUT2D eigenvalue weighted by atomic mass is 10.1. The lowest BCUT2D eigenvalue weighted by Crippen LogP contribution is -2.39. The molecule has 0 bridgehead atoms. The molecule has 2 N–H and O–H groups in total. The summed E-state index contributed by atoms with van der Waals surface area (Å²) >= 11 is 0. The average Bonchev–Trinajstić information content (AvgIpc) is 2.43. The number of nitrogens with one attached hydrogen (secondary N) is 2. The van der Waals surface area contributed by atoms with Crippen LogP contribution < -0.4 is 15.4 Å². The minimum Gasteiger partial charge on any atom is -0.494 e. The van der Waals surface area contributed by atoms with Gasteiger partial charge in [0.15, 0.2) is 5.96 Å². The number of rotatable bonds is 7. The first kappa shape index (κ1) is 21.0. The molecule has 0 saturated carbocycles. The summed E-state index contributed by atoms with van der Waals surface area (Å²) in [4.78, 5) is 4.64. The van der Waals surface area contributed by atoms with E-state index in [1.807, 2.05) is 6.92 Å². The molecule has 0 aliphatic heterocycles. The van der Waals surface area contributed by atoms with Crippen LogP contribution in [-0.4, -0.2) is 25.7 Å². The molecule has 0 saturated heterocycles. The second-order valence-corrected chi connectivity index (χ2v) is 5.51. The zero-order valence-corrected chi connectivity index (χ0v) is 16.7. The van der Waals surface area contributed by atoms with E-state index in [9.17, 15) is 0 Å². The Morgan fingerprint density at radius 2 is 1.95 bits per heavy atom. The Hall–Kier alpha value is -0.980. The quantitative estimate of drug-likeness (QED) is 0.402. The zero-order chi connectivity index (χ0) is 15.7. The van der Waals surface area contributed by atoms with Gasteiger partial charge in [0.2, 0.25) is 0 Å². The molecule has 0 aliphatic carbocycles. The van der Waals surface area contributed by atoms with Crippen LogP contribution in [0.25, 0.3) is 0 Å². The number of hydrogen-bond acceptors (Lipinski definition) is 2. The second kappa shape index (κ2) is 11.6. The molecule has 22 heavy (non-hydrogen) atoms. The number of guanidine groups is 1. The van der Waals surface area contributed by atoms with E-state index in [1.54, 1.807) is 0 Å². The highest BCUT2D eigenvalue weighted by Gasteiger charge is 2.05. The first-order chi connectivity index (χ1) is 10.1. The van der Waals surface area contributed by atoms with Crippen molar-refractivity contribution in [1.29, 1.82) is 0 Å². The minimum atomic E-state index is 0. The van der Waals surface area contributed by atoms with Crippen molar-refractivity contribution in [2.75, 3.05) is 19.7 Å². The van der Waals surface area contributed by atoms with Gasteiger partial charge in [0.05, 0.1) is 13.2 Å². The molecule has 5 heteroatoms. The molecule has 0 aromatic heterocycles. The Labute approximate surface area is 152 Å². The van der Waals surface area contributed by atoms with Crippen molar-refractivity contribution < 1.29 is 4.74 Å². The number of aliphatic imine (C=N–C) groups is 1. The summed E-state index contributed by atoms with van der Waals surface area (Å²) in [5, 5.41) is 6.62. The maximum Gasteiger partial charge on any atom is 0.191 e. The SMILES string of the molecule is CCNC(=NCc1ccc(C)cc1OCC)NCC(C)C.I. The maximum absolute atomic E-state index is 5.70. The van der Waals surface area contributed by atoms with Crippen LogP contribution in [0.15, 0.2) is 23.2 Å². The number of benzene rings is 1. The molecule has 1 aromatic rings. The highest BCUT2D eigenvalue weighted by atomic mass is 127. The lowest BCUT2D eigenvalue weighted by molar-refractivity contribution is 0.336. The first-order valence-corrected chi connectivity index (χ1v) is 7.81. The molecular formula is C17H30IN3O. The summed E-state index contributed by atoms with van der Waals surface area (Å²) in [6.45, 7) is 13.6. The van der Waals surface area contributed by atoms with Crippen molar-refractivity contribution in [2.45, 2.75) is 41.2 Å². The predicted octanol–water partition coefficient (Wildman–Crippen LogP) is 3.72. The fourth-order valence-electron chi connectivity index (χ4n) is 1.89. The molecule has 0 radical (unpaired) electrons. The number of halogens is 1. The van der Waals surface area contributed by atoms with E-state index in [2.05, 4.69) is 61.5 Å². The third kappa shape index (κ3) is 7.87. The molecular weight excluding hydrogens is 389 g/mol. The first-order valence-electron chi connectivity index (χ1n) is 7.81. The van der Waals surface area contributed by atoms with E-state index >= 15 is 0 Å². The molecule has 0 aliphatic rings. The number of aryl methyl sites for hydroxylation is 1. The van der Waals surface area contributed by atoms with Crippen LogP contribution in [0.2, 0.25) is 0 Å². The van der Waals surface area contributed by atoms with Gasteiger partial charge in [0, 0.05) is 18.7 Å². The van der Waals surface area contributed by atoms with Crippen LogP contribution in [0, 0.1) is 12.8 Å². The van der Waals surface area contributed by atoms with Gasteiger partial charge in [-0.2, -0.15) is 0 Å². The van der Waals surface area contributed by atoms with Gasteiger partial charge in [-0.1, -0.05) is 26.0 Å². The lowest BCUT2D eigenvalue weighted by Gasteiger charge is -2.14. The predicted molar refractivity (Wildman–Crippen MR) is 105 cm³/mol. The molecule has 0 spiro atoms. The molecule has 1 rings (SSSR count). The van der Waals surface area contributed by atoms with E-state index in [-0.39, 0.29) is 24.0 Å². The highest BCUT2D eigenvalue weighted by Crippen LogP contribution is 2.21. The van der Waals surface area contributed by atoms with Crippen LogP contribution in [-0.2, 0) is 6.54 Å². The molecule has 0 unspecified atom stereocenters. The van der Waals surface area contributed by atoms with Crippen molar-refractivity contribution in [2.24, 2.45) is 10.9 Å². The molecule has 0 amide bonds. The standard InChI is InChI=1S/C17H29N3O.HI/c1-6-18-17(19-11-13(3)4)20-12-15-9-8-14(5)10-16(15)21-7-2;/h8-10,13H,6-7,11-12H2,1-5H3,(H2,18,19,20);1H. The fraction of sp³-hybridized carbons (Fsp3) is 0.588. The van der Waals surface area contributed by atoms with Crippen molar-refractivity contribution in [3.8, 4) is 5.75 Å². The van der Waals surface area contributed by atoms with Crippen molar-refractivity contribution >= 4 is 29.9 Å². The molecule has 126 valence electrons. The summed E-state index contributed by atoms with van der Waals surface area (Å²) in [5.41, 5.74) is 2.32. The van der Waals surface area contributed by atoms with E-state index in [1.165, 1.54) is 5.56 Å². The Balaban J connectivity index is 0.00000441. The molecule has 4 nitrogen and oxygen atoms in total. The van der Waals surface area contributed by atoms with E-state index in [0.29, 0.717) is 19.1 Å². The molecule has 0 fully saturated rings. The molecule has 1 aromatic carbocycles. The Bertz CT molecular complexity index is 461. The number of hydrogen-bond donors (Lipinski definition) is 2. The van der Waals surface area contributed by atoms with Gasteiger partial charge in [-0.25, -0.2) is 4.99 Å². The summed E-state index contributed by atoms with van der Waals surface area (Å²) in [6.07, 6.45) is 0. The van der Waals surface area contributed by atoms with E-state index < -0.39 is 0 Å². The van der Waals surface area contributed by atoms with Crippen molar-refractivity contribution in [3.63, 3.8) is 0 Å². The van der Waals surface area contributed by atoms with Crippen molar-refractivity contribution in [1.82, 2.24) is 10.6 Å². The Morgan fingerprint density at radius 3 is 2.55 bits per heavy atom. The molecule has 0 atom stereocenters. The van der Waals surface area contributed by atoms with Crippen LogP contribution in [0.3, 0.4) is 0 Å². The van der Waals surface area contributed by atoms with Gasteiger partial charge in [-0.05, 0) is 38.3 Å². The van der Waals surface area contributed by atoms with Gasteiger partial charge in [0.1, 0.15) is 5.75 Å². The van der Waals surface area contributed by atoms with E-state index in [4.69, 9.17) is 4.74 Å². The van der Waals surface area contributed by atoms with Gasteiger partial charge < -0.3 is 15.4 Å². The third-order valence-corrected chi connectivity index (χ3v) is 2.95. The monoisotopic (exact) mass is 419 g/mol. The van der Waals surface area contributed by atoms with Gasteiger partial charge >= 0.3 is 0 Å². The number of ether oxygens (including phenoxy) is 1. The average molecular weight is 419 g/mol. The normalized spacial score (nSPS) is 11.1. The Kier molecular flexibility index (Phi) is 11.1. The minimum absolute atomic E-state index is 0. The molecule has 0 heterocycles. The largest absolute Gasteiger partial charge is 0.494 e. The van der Waals surface area contributed by atoms with Crippen molar-refractivity contribution in [3.05, 3.63) is 29.3 Å². The smallest absolute Gasteiger partial charge is 0.191 e. The van der Waals surface area contributed by atoms with Crippen LogP contribution >= 0.6 is 24.0 Å². The highest BCUT2D eigenvalue weighted by molar-refractivity contribution is 14.0. The zero-order valence-electron chi connectivity index (χ0n) is 14.4. The summed E-state index contributed by atoms with van der Waals surface area (Å²) in [7, 11) is 0. The second-order valence-electron chi connectivity index (χ2n) is 5.51. The third-order valence-electron chi connectivity index (χ3n) is 2.95. The van der Waals surface area contributed by atoms with Gasteiger partial charge in [0.25, 0.3) is 0 Å². The Morgan fingerprint density at radius 1 is 1.23 bits per heavy atom. The summed E-state index contributed by atoms with van der Waals surface area (Å²) in [5.74, 6) is 2.38. The summed E-state index contributed by atoms with van der Waals surface area (Å²) in [6, 6.07) is 6.26. The maximum atomic E-state index is 5.70. The fourth-order valence-corrected chi connectivity index (χ4v) is 1.89.